The Bertz CT molecular complexity index is 630. The van der Waals surface area contributed by atoms with Crippen LogP contribution in [0.1, 0.15) is 10.4 Å². The van der Waals surface area contributed by atoms with E-state index in [0.717, 1.165) is 24.5 Å². The smallest absolute Gasteiger partial charge is 0.337 e. The third-order valence-electron chi connectivity index (χ3n) is 2.22. The Morgan fingerprint density at radius 3 is 2.55 bits per heavy atom. The lowest BCUT2D eigenvalue weighted by Gasteiger charge is -2.09. The third kappa shape index (κ3) is 5.22. The van der Waals surface area contributed by atoms with Crippen LogP contribution in [0.2, 0.25) is 0 Å². The topological polar surface area (TPSA) is 113 Å². The maximum atomic E-state index is 13.0. The second kappa shape index (κ2) is 6.33. The van der Waals surface area contributed by atoms with E-state index in [1.807, 2.05) is 0 Å². The quantitative estimate of drug-likeness (QED) is 0.741. The van der Waals surface area contributed by atoms with Gasteiger partial charge in [-0.3, -0.25) is 0 Å². The summed E-state index contributed by atoms with van der Waals surface area (Å²) >= 11 is 0. The monoisotopic (exact) mass is 304 g/mol. The number of halogens is 1. The Kier molecular flexibility index (Phi) is 5.03. The summed E-state index contributed by atoms with van der Waals surface area (Å²) in [5, 5.41) is 13.3. The maximum absolute atomic E-state index is 13.0. The van der Waals surface area contributed by atoms with Gasteiger partial charge in [-0.25, -0.2) is 22.4 Å². The molecule has 0 aliphatic heterocycles. The van der Waals surface area contributed by atoms with Crippen LogP contribution >= 0.6 is 0 Å². The van der Waals surface area contributed by atoms with Crippen molar-refractivity contribution < 1.29 is 27.5 Å². The predicted octanol–water partition coefficient (Wildman–Crippen LogP) is 0.690. The first kappa shape index (κ1) is 15.9. The number of hydrogen-bond donors (Lipinski definition) is 3. The third-order valence-corrected chi connectivity index (χ3v) is 3.16. The summed E-state index contributed by atoms with van der Waals surface area (Å²) in [6.07, 6.45) is 1.02. The van der Waals surface area contributed by atoms with Crippen LogP contribution in [0.4, 0.5) is 14.9 Å². The van der Waals surface area contributed by atoms with Gasteiger partial charge < -0.3 is 15.7 Å². The van der Waals surface area contributed by atoms with Crippen LogP contribution in [0, 0.1) is 5.82 Å². The standard InChI is InChI=1S/C11H13FN2O5S/c1-20(18,19)5-4-13-11(17)14-9-6-7(12)2-3-8(9)10(15)16/h2-3,6H,4-5H2,1H3,(H,15,16)(H2,13,14,17). The molecular weight excluding hydrogens is 291 g/mol. The van der Waals surface area contributed by atoms with Gasteiger partial charge in [-0.2, -0.15) is 0 Å². The molecule has 2 amide bonds. The second-order valence-electron chi connectivity index (χ2n) is 4.01. The summed E-state index contributed by atoms with van der Waals surface area (Å²) in [5.74, 6) is -2.28. The maximum Gasteiger partial charge on any atom is 0.337 e. The van der Waals surface area contributed by atoms with Crippen LogP contribution < -0.4 is 10.6 Å². The molecule has 0 saturated heterocycles. The number of sulfone groups is 1. The van der Waals surface area contributed by atoms with Crippen LogP contribution in [0.15, 0.2) is 18.2 Å². The van der Waals surface area contributed by atoms with Gasteiger partial charge in [0.2, 0.25) is 0 Å². The number of carboxylic acids is 1. The van der Waals surface area contributed by atoms with Crippen LogP contribution in [-0.2, 0) is 9.84 Å². The SMILES string of the molecule is CS(=O)(=O)CCNC(=O)Nc1cc(F)ccc1C(=O)O. The minimum Gasteiger partial charge on any atom is -0.478 e. The molecular formula is C11H13FN2O5S. The van der Waals surface area contributed by atoms with E-state index < -0.39 is 27.7 Å². The molecule has 9 heteroatoms. The first-order chi connectivity index (χ1) is 9.19. The molecule has 0 aromatic heterocycles. The Labute approximate surface area is 114 Å². The first-order valence-electron chi connectivity index (χ1n) is 5.44. The van der Waals surface area contributed by atoms with Crippen molar-refractivity contribution in [1.82, 2.24) is 5.32 Å². The zero-order valence-electron chi connectivity index (χ0n) is 10.5. The molecule has 0 saturated carbocycles. The summed E-state index contributed by atoms with van der Waals surface area (Å²) in [4.78, 5) is 22.3. The summed E-state index contributed by atoms with van der Waals surface area (Å²) in [7, 11) is -3.22. The highest BCUT2D eigenvalue weighted by atomic mass is 32.2. The number of aromatic carboxylic acids is 1. The van der Waals surface area contributed by atoms with E-state index in [4.69, 9.17) is 5.11 Å². The molecule has 110 valence electrons. The lowest BCUT2D eigenvalue weighted by molar-refractivity contribution is 0.0698. The van der Waals surface area contributed by atoms with Gasteiger partial charge in [-0.05, 0) is 18.2 Å². The highest BCUT2D eigenvalue weighted by Gasteiger charge is 2.13. The molecule has 0 bridgehead atoms. The average molecular weight is 304 g/mol. The number of hydrogen-bond acceptors (Lipinski definition) is 4. The number of carbonyl (C=O) groups excluding carboxylic acids is 1. The summed E-state index contributed by atoms with van der Waals surface area (Å²) in [6, 6.07) is 2.02. The molecule has 20 heavy (non-hydrogen) atoms. The minimum atomic E-state index is -3.22. The Hall–Kier alpha value is -2.16. The number of amides is 2. The van der Waals surface area contributed by atoms with Crippen molar-refractivity contribution in [3.8, 4) is 0 Å². The molecule has 0 atom stereocenters. The van der Waals surface area contributed by atoms with Gasteiger partial charge in [-0.15, -0.1) is 0 Å². The highest BCUT2D eigenvalue weighted by Crippen LogP contribution is 2.17. The predicted molar refractivity (Wildman–Crippen MR) is 70.1 cm³/mol. The average Bonchev–Trinajstić information content (AvgIpc) is 2.26. The zero-order chi connectivity index (χ0) is 15.3. The van der Waals surface area contributed by atoms with Crippen molar-refractivity contribution in [3.05, 3.63) is 29.6 Å². The fourth-order valence-corrected chi connectivity index (χ4v) is 1.80. The molecule has 0 aliphatic carbocycles. The van der Waals surface area contributed by atoms with Crippen LogP contribution in [0.5, 0.6) is 0 Å². The van der Waals surface area contributed by atoms with Gasteiger partial charge in [0.05, 0.1) is 17.0 Å². The molecule has 3 N–H and O–H groups in total. The number of carbonyl (C=O) groups is 2. The Morgan fingerprint density at radius 1 is 1.35 bits per heavy atom. The van der Waals surface area contributed by atoms with Gasteiger partial charge in [-0.1, -0.05) is 0 Å². The molecule has 0 unspecified atom stereocenters. The molecule has 0 aliphatic rings. The van der Waals surface area contributed by atoms with Gasteiger partial charge in [0.15, 0.2) is 0 Å². The van der Waals surface area contributed by atoms with Crippen molar-refractivity contribution in [2.75, 3.05) is 23.9 Å². The largest absolute Gasteiger partial charge is 0.478 e. The van der Waals surface area contributed by atoms with E-state index in [1.165, 1.54) is 0 Å². The first-order valence-corrected chi connectivity index (χ1v) is 7.50. The van der Waals surface area contributed by atoms with Crippen molar-refractivity contribution in [1.29, 1.82) is 0 Å². The highest BCUT2D eigenvalue weighted by molar-refractivity contribution is 7.90. The zero-order valence-corrected chi connectivity index (χ0v) is 11.3. The molecule has 0 heterocycles. The van der Waals surface area contributed by atoms with E-state index >= 15 is 0 Å². The fraction of sp³-hybridized carbons (Fsp3) is 0.273. The van der Waals surface area contributed by atoms with E-state index in [0.29, 0.717) is 0 Å². The van der Waals surface area contributed by atoms with Crippen molar-refractivity contribution in [2.24, 2.45) is 0 Å². The number of anilines is 1. The summed E-state index contributed by atoms with van der Waals surface area (Å²) < 4.78 is 34.7. The molecule has 1 aromatic rings. The number of carboxylic acid groups (broad SMARTS) is 1. The van der Waals surface area contributed by atoms with Crippen molar-refractivity contribution >= 4 is 27.5 Å². The van der Waals surface area contributed by atoms with E-state index in [-0.39, 0.29) is 23.5 Å². The van der Waals surface area contributed by atoms with E-state index in [9.17, 15) is 22.4 Å². The second-order valence-corrected chi connectivity index (χ2v) is 6.27. The molecule has 0 radical (unpaired) electrons. The summed E-state index contributed by atoms with van der Waals surface area (Å²) in [5.41, 5.74) is -0.487. The van der Waals surface area contributed by atoms with E-state index in [2.05, 4.69) is 10.6 Å². The van der Waals surface area contributed by atoms with Gasteiger partial charge in [0.25, 0.3) is 0 Å². The minimum absolute atomic E-state index is 0.137. The Morgan fingerprint density at radius 2 is 2.00 bits per heavy atom. The van der Waals surface area contributed by atoms with Crippen LogP contribution in [0.3, 0.4) is 0 Å². The molecule has 0 fully saturated rings. The van der Waals surface area contributed by atoms with Gasteiger partial charge in [0, 0.05) is 12.8 Å². The number of urea groups is 1. The van der Waals surface area contributed by atoms with Crippen molar-refractivity contribution in [3.63, 3.8) is 0 Å². The Balaban J connectivity index is 2.70. The van der Waals surface area contributed by atoms with E-state index in [1.54, 1.807) is 0 Å². The fourth-order valence-electron chi connectivity index (χ4n) is 1.32. The number of benzene rings is 1. The molecule has 7 nitrogen and oxygen atoms in total. The van der Waals surface area contributed by atoms with Crippen molar-refractivity contribution in [2.45, 2.75) is 0 Å². The van der Waals surface area contributed by atoms with Gasteiger partial charge in [0.1, 0.15) is 15.7 Å². The summed E-state index contributed by atoms with van der Waals surface area (Å²) in [6.45, 7) is -0.137. The van der Waals surface area contributed by atoms with Crippen LogP contribution in [-0.4, -0.2) is 44.1 Å². The normalized spacial score (nSPS) is 10.9. The lowest BCUT2D eigenvalue weighted by Crippen LogP contribution is -2.33. The van der Waals surface area contributed by atoms with Gasteiger partial charge >= 0.3 is 12.0 Å². The lowest BCUT2D eigenvalue weighted by atomic mass is 10.2. The number of rotatable bonds is 5. The molecule has 0 spiro atoms. The van der Waals surface area contributed by atoms with Crippen LogP contribution in [0.25, 0.3) is 0 Å². The number of nitrogens with one attached hydrogen (secondary N) is 2. The molecule has 1 aromatic carbocycles. The molecule has 1 rings (SSSR count).